The number of likely N-dealkylation sites (N-methyl/N-ethyl adjacent to an activating group) is 1. The predicted molar refractivity (Wildman–Crippen MR) is 108 cm³/mol. The lowest BCUT2D eigenvalue weighted by Gasteiger charge is -2.17. The fourth-order valence-electron chi connectivity index (χ4n) is 2.69. The molecule has 7 heteroatoms. The number of ether oxygens (including phenoxy) is 1. The number of nitrogens with one attached hydrogen (secondary N) is 2. The van der Waals surface area contributed by atoms with Gasteiger partial charge in [0.1, 0.15) is 0 Å². The van der Waals surface area contributed by atoms with Crippen LogP contribution in [-0.2, 0) is 20.7 Å². The molecule has 0 radical (unpaired) electrons. The maximum Gasteiger partial charge on any atom is 0.337 e. The van der Waals surface area contributed by atoms with Gasteiger partial charge in [0.2, 0.25) is 11.8 Å². The van der Waals surface area contributed by atoms with Gasteiger partial charge in [-0.05, 0) is 49.4 Å². The molecular formula is C21H25N3O4. The molecule has 148 valence electrons. The number of carbonyl (C=O) groups is 3. The summed E-state index contributed by atoms with van der Waals surface area (Å²) < 4.78 is 4.63. The minimum absolute atomic E-state index is 0.0571. The molecule has 0 atom stereocenters. The molecule has 0 saturated heterocycles. The number of anilines is 2. The van der Waals surface area contributed by atoms with Crippen LogP contribution in [0.3, 0.4) is 0 Å². The third-order valence-corrected chi connectivity index (χ3v) is 4.09. The highest BCUT2D eigenvalue weighted by Crippen LogP contribution is 2.15. The molecule has 0 fully saturated rings. The number of benzene rings is 2. The van der Waals surface area contributed by atoms with Gasteiger partial charge >= 0.3 is 5.97 Å². The number of hydrogen-bond acceptors (Lipinski definition) is 5. The summed E-state index contributed by atoms with van der Waals surface area (Å²) in [6.45, 7) is 2.17. The molecule has 28 heavy (non-hydrogen) atoms. The van der Waals surface area contributed by atoms with Gasteiger partial charge in [0.25, 0.3) is 0 Å². The summed E-state index contributed by atoms with van der Waals surface area (Å²) in [5.41, 5.74) is 2.82. The van der Waals surface area contributed by atoms with Gasteiger partial charge in [-0.2, -0.15) is 0 Å². The Morgan fingerprint density at radius 2 is 1.54 bits per heavy atom. The number of aryl methyl sites for hydroxylation is 1. The predicted octanol–water partition coefficient (Wildman–Crippen LogP) is 2.54. The van der Waals surface area contributed by atoms with Crippen LogP contribution in [0.2, 0.25) is 0 Å². The van der Waals surface area contributed by atoms with E-state index >= 15 is 0 Å². The van der Waals surface area contributed by atoms with Crippen molar-refractivity contribution in [1.82, 2.24) is 4.90 Å². The van der Waals surface area contributed by atoms with E-state index < -0.39 is 5.97 Å². The highest BCUT2D eigenvalue weighted by molar-refractivity contribution is 5.95. The second-order valence-electron chi connectivity index (χ2n) is 6.35. The quantitative estimate of drug-likeness (QED) is 0.684. The lowest BCUT2D eigenvalue weighted by atomic mass is 10.1. The van der Waals surface area contributed by atoms with Crippen molar-refractivity contribution in [2.45, 2.75) is 13.3 Å². The standard InChI is InChI=1S/C21H25N3O4/c1-4-15-7-5-6-8-18(15)23-20(26)14-24(2)13-19(25)22-17-11-9-16(10-12-17)21(27)28-3/h5-12H,4,13-14H2,1-3H3,(H,22,25)(H,23,26). The zero-order chi connectivity index (χ0) is 20.5. The van der Waals surface area contributed by atoms with Gasteiger partial charge in [-0.3, -0.25) is 14.5 Å². The van der Waals surface area contributed by atoms with Crippen LogP contribution in [0.1, 0.15) is 22.8 Å². The van der Waals surface area contributed by atoms with Crippen molar-refractivity contribution in [2.75, 3.05) is 37.9 Å². The van der Waals surface area contributed by atoms with Crippen molar-refractivity contribution < 1.29 is 19.1 Å². The fraction of sp³-hybridized carbons (Fsp3) is 0.286. The number of esters is 1. The highest BCUT2D eigenvalue weighted by Gasteiger charge is 2.13. The van der Waals surface area contributed by atoms with Crippen LogP contribution in [-0.4, -0.2) is 49.9 Å². The Bertz CT molecular complexity index is 834. The monoisotopic (exact) mass is 383 g/mol. The van der Waals surface area contributed by atoms with Gasteiger partial charge in [0.15, 0.2) is 0 Å². The summed E-state index contributed by atoms with van der Waals surface area (Å²) in [7, 11) is 3.01. The number of amides is 2. The Balaban J connectivity index is 1.83. The first-order chi connectivity index (χ1) is 13.4. The zero-order valence-electron chi connectivity index (χ0n) is 16.3. The number of carbonyl (C=O) groups excluding carboxylic acids is 3. The second kappa shape index (κ2) is 10.2. The van der Waals surface area contributed by atoms with E-state index in [4.69, 9.17) is 0 Å². The molecule has 0 bridgehead atoms. The smallest absolute Gasteiger partial charge is 0.337 e. The Morgan fingerprint density at radius 1 is 0.929 bits per heavy atom. The minimum atomic E-state index is -0.437. The lowest BCUT2D eigenvalue weighted by Crippen LogP contribution is -2.36. The number of hydrogen-bond donors (Lipinski definition) is 2. The van der Waals surface area contributed by atoms with E-state index in [1.807, 2.05) is 31.2 Å². The van der Waals surface area contributed by atoms with Crippen LogP contribution >= 0.6 is 0 Å². The molecule has 2 amide bonds. The zero-order valence-corrected chi connectivity index (χ0v) is 16.3. The molecule has 2 N–H and O–H groups in total. The molecule has 0 unspecified atom stereocenters. The van der Waals surface area contributed by atoms with Gasteiger partial charge in [0, 0.05) is 11.4 Å². The topological polar surface area (TPSA) is 87.7 Å². The van der Waals surface area contributed by atoms with Crippen molar-refractivity contribution in [3.05, 3.63) is 59.7 Å². The summed E-state index contributed by atoms with van der Waals surface area (Å²) in [5, 5.41) is 5.62. The number of nitrogens with zero attached hydrogens (tertiary/aromatic N) is 1. The minimum Gasteiger partial charge on any atom is -0.465 e. The molecule has 2 aromatic rings. The van der Waals surface area contributed by atoms with Crippen LogP contribution < -0.4 is 10.6 Å². The van der Waals surface area contributed by atoms with Crippen LogP contribution in [0, 0.1) is 0 Å². The van der Waals surface area contributed by atoms with Crippen molar-refractivity contribution in [1.29, 1.82) is 0 Å². The summed E-state index contributed by atoms with van der Waals surface area (Å²) in [5.74, 6) is -0.873. The van der Waals surface area contributed by atoms with Crippen LogP contribution in [0.5, 0.6) is 0 Å². The van der Waals surface area contributed by atoms with Crippen molar-refractivity contribution in [3.63, 3.8) is 0 Å². The van der Waals surface area contributed by atoms with Crippen molar-refractivity contribution in [2.24, 2.45) is 0 Å². The normalized spacial score (nSPS) is 10.4. The van der Waals surface area contributed by atoms with E-state index in [9.17, 15) is 14.4 Å². The number of rotatable bonds is 8. The lowest BCUT2D eigenvalue weighted by molar-refractivity contribution is -0.119. The molecule has 0 aliphatic heterocycles. The van der Waals surface area contributed by atoms with E-state index in [-0.39, 0.29) is 24.9 Å². The molecule has 0 aliphatic rings. The third kappa shape index (κ3) is 6.21. The summed E-state index contributed by atoms with van der Waals surface area (Å²) in [6, 6.07) is 14.0. The average molecular weight is 383 g/mol. The van der Waals surface area contributed by atoms with Gasteiger partial charge in [-0.1, -0.05) is 25.1 Å². The van der Waals surface area contributed by atoms with Crippen molar-refractivity contribution >= 4 is 29.2 Å². The largest absolute Gasteiger partial charge is 0.465 e. The first-order valence-corrected chi connectivity index (χ1v) is 8.97. The van der Waals surface area contributed by atoms with Crippen LogP contribution in [0.15, 0.2) is 48.5 Å². The van der Waals surface area contributed by atoms with Gasteiger partial charge in [-0.25, -0.2) is 4.79 Å². The first-order valence-electron chi connectivity index (χ1n) is 8.97. The Labute approximate surface area is 164 Å². The fourth-order valence-corrected chi connectivity index (χ4v) is 2.69. The van der Waals surface area contributed by atoms with Gasteiger partial charge in [0.05, 0.1) is 25.8 Å². The van der Waals surface area contributed by atoms with Crippen molar-refractivity contribution in [3.8, 4) is 0 Å². The van der Waals surface area contributed by atoms with E-state index in [1.165, 1.54) is 7.11 Å². The molecular weight excluding hydrogens is 358 g/mol. The molecule has 0 aliphatic carbocycles. The van der Waals surface area contributed by atoms with E-state index in [0.29, 0.717) is 11.3 Å². The molecule has 2 rings (SSSR count). The van der Waals surface area contributed by atoms with E-state index in [0.717, 1.165) is 17.7 Å². The Morgan fingerprint density at radius 3 is 2.14 bits per heavy atom. The summed E-state index contributed by atoms with van der Waals surface area (Å²) in [4.78, 5) is 37.4. The Hall–Kier alpha value is -3.19. The van der Waals surface area contributed by atoms with Crippen LogP contribution in [0.4, 0.5) is 11.4 Å². The number of para-hydroxylation sites is 1. The first kappa shape index (κ1) is 21.1. The SMILES string of the molecule is CCc1ccccc1NC(=O)CN(C)CC(=O)Nc1ccc(C(=O)OC)cc1. The number of methoxy groups -OCH3 is 1. The molecule has 0 aromatic heterocycles. The van der Waals surface area contributed by atoms with Gasteiger partial charge in [-0.15, -0.1) is 0 Å². The van der Waals surface area contributed by atoms with E-state index in [1.54, 1.807) is 36.2 Å². The van der Waals surface area contributed by atoms with E-state index in [2.05, 4.69) is 15.4 Å². The molecule has 0 spiro atoms. The molecule has 0 saturated carbocycles. The third-order valence-electron chi connectivity index (χ3n) is 4.09. The molecule has 7 nitrogen and oxygen atoms in total. The second-order valence-corrected chi connectivity index (χ2v) is 6.35. The summed E-state index contributed by atoms with van der Waals surface area (Å²) in [6.07, 6.45) is 0.823. The highest BCUT2D eigenvalue weighted by atomic mass is 16.5. The van der Waals surface area contributed by atoms with Gasteiger partial charge < -0.3 is 15.4 Å². The van der Waals surface area contributed by atoms with Crippen LogP contribution in [0.25, 0.3) is 0 Å². The molecule has 2 aromatic carbocycles. The molecule has 0 heterocycles. The Kier molecular flexibility index (Phi) is 7.71. The maximum absolute atomic E-state index is 12.2. The maximum atomic E-state index is 12.2. The summed E-state index contributed by atoms with van der Waals surface area (Å²) >= 11 is 0. The average Bonchev–Trinajstić information content (AvgIpc) is 2.68.